The molecule has 0 saturated heterocycles. The predicted octanol–water partition coefficient (Wildman–Crippen LogP) is 6.61. The van der Waals surface area contributed by atoms with Gasteiger partial charge in [-0.2, -0.15) is 5.10 Å². The number of rotatable bonds is 9. The quantitative estimate of drug-likeness (QED) is 0.328. The van der Waals surface area contributed by atoms with E-state index in [-0.39, 0.29) is 23.8 Å². The summed E-state index contributed by atoms with van der Waals surface area (Å²) in [5, 5.41) is 8.37. The molecule has 3 rings (SSSR count). The zero-order valence-corrected chi connectivity index (χ0v) is 23.7. The van der Waals surface area contributed by atoms with E-state index >= 15 is 0 Å². The molecule has 0 saturated carbocycles. The van der Waals surface area contributed by atoms with Crippen molar-refractivity contribution in [1.82, 2.24) is 14.7 Å². The summed E-state index contributed by atoms with van der Waals surface area (Å²) >= 11 is 12.2. The van der Waals surface area contributed by atoms with Gasteiger partial charge in [0.15, 0.2) is 0 Å². The monoisotopic (exact) mass is 544 g/mol. The Balaban J connectivity index is 1.87. The third-order valence-electron chi connectivity index (χ3n) is 5.83. The van der Waals surface area contributed by atoms with Crippen molar-refractivity contribution in [3.8, 4) is 11.4 Å². The maximum Gasteiger partial charge on any atom is 0.254 e. The van der Waals surface area contributed by atoms with Gasteiger partial charge in [-0.1, -0.05) is 57.8 Å². The van der Waals surface area contributed by atoms with E-state index in [2.05, 4.69) is 39.9 Å². The number of aromatic nitrogens is 2. The summed E-state index contributed by atoms with van der Waals surface area (Å²) < 4.78 is 6.95. The summed E-state index contributed by atoms with van der Waals surface area (Å²) in [5.74, 6) is 0.990. The molecule has 37 heavy (non-hydrogen) atoms. The van der Waals surface area contributed by atoms with Crippen LogP contribution in [0.4, 0.5) is 5.82 Å². The van der Waals surface area contributed by atoms with Crippen LogP contribution in [0.15, 0.2) is 48.5 Å². The molecule has 198 valence electrons. The number of carbonyl (C=O) groups is 2. The Morgan fingerprint density at radius 1 is 1.05 bits per heavy atom. The van der Waals surface area contributed by atoms with E-state index in [1.165, 1.54) is 11.0 Å². The molecule has 0 aliphatic heterocycles. The number of nitrogens with zero attached hydrogens (tertiary/aromatic N) is 3. The summed E-state index contributed by atoms with van der Waals surface area (Å²) in [6, 6.07) is 14.0. The third-order valence-corrected chi connectivity index (χ3v) is 6.57. The Morgan fingerprint density at radius 2 is 1.73 bits per heavy atom. The van der Waals surface area contributed by atoms with Crippen LogP contribution in [0.2, 0.25) is 10.0 Å². The molecule has 9 heteroatoms. The Hall–Kier alpha value is -3.03. The van der Waals surface area contributed by atoms with Gasteiger partial charge in [0.1, 0.15) is 18.1 Å². The Morgan fingerprint density at radius 3 is 2.30 bits per heavy atom. The van der Waals surface area contributed by atoms with Crippen molar-refractivity contribution in [2.75, 3.05) is 25.5 Å². The lowest BCUT2D eigenvalue weighted by molar-refractivity contribution is -0.117. The first-order valence-electron chi connectivity index (χ1n) is 12.2. The minimum absolute atomic E-state index is 0.121. The molecule has 0 radical (unpaired) electrons. The van der Waals surface area contributed by atoms with Gasteiger partial charge in [0.2, 0.25) is 5.91 Å². The average Bonchev–Trinajstić information content (AvgIpc) is 3.27. The van der Waals surface area contributed by atoms with Crippen LogP contribution in [0.3, 0.4) is 0 Å². The SMILES string of the molecule is COc1ccc(-n2nc(C(C)(C)C)cc2NC(=O)CN(CCC(C)C)C(=O)c2ccc(Cl)c(Cl)c2)cc1. The van der Waals surface area contributed by atoms with E-state index in [0.29, 0.717) is 33.9 Å². The fourth-order valence-electron chi connectivity index (χ4n) is 3.59. The average molecular weight is 546 g/mol. The second-order valence-corrected chi connectivity index (χ2v) is 11.2. The summed E-state index contributed by atoms with van der Waals surface area (Å²) in [6.07, 6.45) is 0.748. The van der Waals surface area contributed by atoms with Crippen molar-refractivity contribution < 1.29 is 14.3 Å². The lowest BCUT2D eigenvalue weighted by atomic mass is 9.92. The van der Waals surface area contributed by atoms with Crippen molar-refractivity contribution >= 4 is 40.8 Å². The lowest BCUT2D eigenvalue weighted by Crippen LogP contribution is -2.39. The number of hydrogen-bond acceptors (Lipinski definition) is 4. The third kappa shape index (κ3) is 7.49. The number of ether oxygens (including phenoxy) is 1. The first-order valence-corrected chi connectivity index (χ1v) is 12.9. The molecule has 0 spiro atoms. The number of carbonyl (C=O) groups excluding carboxylic acids is 2. The van der Waals surface area contributed by atoms with E-state index in [1.807, 2.05) is 30.3 Å². The van der Waals surface area contributed by atoms with Crippen molar-refractivity contribution in [2.24, 2.45) is 5.92 Å². The molecule has 0 bridgehead atoms. The number of methoxy groups -OCH3 is 1. The van der Waals surface area contributed by atoms with Gasteiger partial charge in [-0.15, -0.1) is 0 Å². The second-order valence-electron chi connectivity index (χ2n) is 10.4. The molecule has 3 aromatic rings. The minimum Gasteiger partial charge on any atom is -0.497 e. The van der Waals surface area contributed by atoms with Crippen molar-refractivity contribution in [3.63, 3.8) is 0 Å². The number of benzene rings is 2. The van der Waals surface area contributed by atoms with Gasteiger partial charge in [-0.05, 0) is 54.8 Å². The van der Waals surface area contributed by atoms with Crippen molar-refractivity contribution in [2.45, 2.75) is 46.5 Å². The summed E-state index contributed by atoms with van der Waals surface area (Å²) in [7, 11) is 1.61. The molecular formula is C28H34Cl2N4O3. The standard InChI is InChI=1S/C28H34Cl2N4O3/c1-18(2)13-14-33(27(36)19-7-12-22(29)23(30)15-19)17-26(35)31-25-16-24(28(3,4)5)32-34(25)20-8-10-21(37-6)11-9-20/h7-12,15-16,18H,13-14,17H2,1-6H3,(H,31,35). The molecule has 0 unspecified atom stereocenters. The lowest BCUT2D eigenvalue weighted by Gasteiger charge is -2.23. The molecule has 1 N–H and O–H groups in total. The largest absolute Gasteiger partial charge is 0.497 e. The molecule has 0 aliphatic rings. The zero-order valence-electron chi connectivity index (χ0n) is 22.1. The molecule has 0 atom stereocenters. The minimum atomic E-state index is -0.327. The maximum absolute atomic E-state index is 13.3. The van der Waals surface area contributed by atoms with E-state index in [1.54, 1.807) is 23.9 Å². The van der Waals surface area contributed by atoms with Gasteiger partial charge >= 0.3 is 0 Å². The first-order chi connectivity index (χ1) is 17.4. The first kappa shape index (κ1) is 28.5. The van der Waals surface area contributed by atoms with Gasteiger partial charge in [-0.3, -0.25) is 9.59 Å². The highest BCUT2D eigenvalue weighted by Gasteiger charge is 2.24. The van der Waals surface area contributed by atoms with Gasteiger partial charge < -0.3 is 15.0 Å². The van der Waals surface area contributed by atoms with Crippen LogP contribution in [0.1, 0.15) is 57.1 Å². The molecule has 2 aromatic carbocycles. The fraction of sp³-hybridized carbons (Fsp3) is 0.393. The Bertz CT molecular complexity index is 1250. The van der Waals surface area contributed by atoms with Gasteiger partial charge in [0.25, 0.3) is 5.91 Å². The fourth-order valence-corrected chi connectivity index (χ4v) is 3.89. The normalized spacial score (nSPS) is 11.5. The Labute approximate surface area is 228 Å². The van der Waals surface area contributed by atoms with Crippen LogP contribution in [-0.4, -0.2) is 46.7 Å². The molecule has 2 amide bonds. The van der Waals surface area contributed by atoms with Gasteiger partial charge in [0.05, 0.1) is 28.5 Å². The number of anilines is 1. The highest BCUT2D eigenvalue weighted by molar-refractivity contribution is 6.42. The number of hydrogen-bond donors (Lipinski definition) is 1. The van der Waals surface area contributed by atoms with Crippen LogP contribution >= 0.6 is 23.2 Å². The molecule has 0 aliphatic carbocycles. The molecular weight excluding hydrogens is 511 g/mol. The van der Waals surface area contributed by atoms with E-state index < -0.39 is 0 Å². The predicted molar refractivity (Wildman–Crippen MR) is 149 cm³/mol. The van der Waals surface area contributed by atoms with Crippen LogP contribution in [0.25, 0.3) is 5.69 Å². The van der Waals surface area contributed by atoms with Crippen LogP contribution < -0.4 is 10.1 Å². The summed E-state index contributed by atoms with van der Waals surface area (Å²) in [4.78, 5) is 28.1. The molecule has 1 aromatic heterocycles. The highest BCUT2D eigenvalue weighted by Crippen LogP contribution is 2.27. The summed E-state index contributed by atoms with van der Waals surface area (Å²) in [5.41, 5.74) is 1.74. The maximum atomic E-state index is 13.3. The van der Waals surface area contributed by atoms with Gasteiger partial charge in [-0.25, -0.2) is 4.68 Å². The van der Waals surface area contributed by atoms with E-state index in [0.717, 1.165) is 23.6 Å². The van der Waals surface area contributed by atoms with Crippen molar-refractivity contribution in [1.29, 1.82) is 0 Å². The molecule has 0 fully saturated rings. The van der Waals surface area contributed by atoms with Crippen LogP contribution in [0, 0.1) is 5.92 Å². The van der Waals surface area contributed by atoms with Crippen molar-refractivity contribution in [3.05, 3.63) is 69.8 Å². The van der Waals surface area contributed by atoms with E-state index in [9.17, 15) is 9.59 Å². The number of halogens is 2. The zero-order chi connectivity index (χ0) is 27.3. The second kappa shape index (κ2) is 12.0. The summed E-state index contributed by atoms with van der Waals surface area (Å²) in [6.45, 7) is 10.6. The van der Waals surface area contributed by atoms with Crippen LogP contribution in [0.5, 0.6) is 5.75 Å². The number of nitrogens with one attached hydrogen (secondary N) is 1. The van der Waals surface area contributed by atoms with Gasteiger partial charge in [0, 0.05) is 23.6 Å². The molecule has 1 heterocycles. The van der Waals surface area contributed by atoms with Crippen LogP contribution in [-0.2, 0) is 10.2 Å². The topological polar surface area (TPSA) is 76.5 Å². The molecule has 7 nitrogen and oxygen atoms in total. The van der Waals surface area contributed by atoms with E-state index in [4.69, 9.17) is 33.0 Å². The number of amides is 2. The highest BCUT2D eigenvalue weighted by atomic mass is 35.5. The Kier molecular flexibility index (Phi) is 9.26. The smallest absolute Gasteiger partial charge is 0.254 e.